The molecule has 0 fully saturated rings. The van der Waals surface area contributed by atoms with Crippen LogP contribution in [-0.4, -0.2) is 11.1 Å². The first-order valence-electron chi connectivity index (χ1n) is 4.87. The van der Waals surface area contributed by atoms with E-state index in [2.05, 4.69) is 15.9 Å². The highest BCUT2D eigenvalue weighted by Crippen LogP contribution is 2.30. The minimum Gasteiger partial charge on any atom is -0.478 e. The molecule has 0 aromatic heterocycles. The zero-order valence-electron chi connectivity index (χ0n) is 8.65. The van der Waals surface area contributed by atoms with Gasteiger partial charge in [0.2, 0.25) is 0 Å². The van der Waals surface area contributed by atoms with E-state index in [0.717, 1.165) is 15.6 Å². The lowest BCUT2D eigenvalue weighted by molar-refractivity contribution is 0.0697. The van der Waals surface area contributed by atoms with Crippen LogP contribution < -0.4 is 0 Å². The van der Waals surface area contributed by atoms with Gasteiger partial charge in [0.1, 0.15) is 0 Å². The molecule has 17 heavy (non-hydrogen) atoms. The van der Waals surface area contributed by atoms with E-state index in [4.69, 9.17) is 16.7 Å². The van der Waals surface area contributed by atoms with Crippen LogP contribution in [0.1, 0.15) is 10.4 Å². The molecule has 4 heteroatoms. The van der Waals surface area contributed by atoms with E-state index >= 15 is 0 Å². The molecule has 2 aromatic carbocycles. The molecule has 0 saturated carbocycles. The summed E-state index contributed by atoms with van der Waals surface area (Å²) in [5.74, 6) is -0.932. The quantitative estimate of drug-likeness (QED) is 0.888. The maximum atomic E-state index is 10.7. The summed E-state index contributed by atoms with van der Waals surface area (Å²) in [6.45, 7) is 0. The molecule has 0 saturated heterocycles. The molecular weight excluding hydrogens is 303 g/mol. The van der Waals surface area contributed by atoms with E-state index in [-0.39, 0.29) is 5.56 Å². The minimum absolute atomic E-state index is 0.266. The van der Waals surface area contributed by atoms with E-state index in [1.54, 1.807) is 24.3 Å². The normalized spacial score (nSPS) is 10.2. The van der Waals surface area contributed by atoms with E-state index in [0.29, 0.717) is 5.02 Å². The lowest BCUT2D eigenvalue weighted by Gasteiger charge is -2.05. The van der Waals surface area contributed by atoms with Crippen molar-refractivity contribution in [3.8, 4) is 11.1 Å². The Bertz CT molecular complexity index is 564. The van der Waals surface area contributed by atoms with Crippen LogP contribution in [0.4, 0.5) is 0 Å². The third-order valence-electron chi connectivity index (χ3n) is 2.37. The predicted molar refractivity (Wildman–Crippen MR) is 71.5 cm³/mol. The average Bonchev–Trinajstić information content (AvgIpc) is 2.29. The average molecular weight is 312 g/mol. The number of halogens is 2. The highest BCUT2D eigenvalue weighted by atomic mass is 79.9. The summed E-state index contributed by atoms with van der Waals surface area (Å²) in [5.41, 5.74) is 2.04. The second-order valence-corrected chi connectivity index (χ2v) is 4.83. The Hall–Kier alpha value is -1.32. The van der Waals surface area contributed by atoms with Crippen molar-refractivity contribution >= 4 is 33.5 Å². The van der Waals surface area contributed by atoms with Gasteiger partial charge in [0.25, 0.3) is 0 Å². The summed E-state index contributed by atoms with van der Waals surface area (Å²) < 4.78 is 0.911. The van der Waals surface area contributed by atoms with Crippen LogP contribution in [0.5, 0.6) is 0 Å². The first-order chi connectivity index (χ1) is 8.08. The second-order valence-electron chi connectivity index (χ2n) is 3.51. The van der Waals surface area contributed by atoms with E-state index in [1.807, 2.05) is 18.2 Å². The SMILES string of the molecule is O=C(O)c1ccc(-c2ccc(Br)cc2Cl)cc1. The summed E-state index contributed by atoms with van der Waals surface area (Å²) >= 11 is 9.46. The standard InChI is InChI=1S/C13H8BrClO2/c14-10-5-6-11(12(15)7-10)8-1-3-9(4-2-8)13(16)17/h1-7H,(H,16,17). The molecule has 2 nitrogen and oxygen atoms in total. The van der Waals surface area contributed by atoms with Crippen molar-refractivity contribution in [1.82, 2.24) is 0 Å². The molecule has 0 heterocycles. The number of hydrogen-bond donors (Lipinski definition) is 1. The molecule has 0 bridgehead atoms. The molecule has 0 aliphatic carbocycles. The molecule has 0 unspecified atom stereocenters. The number of hydrogen-bond acceptors (Lipinski definition) is 1. The minimum atomic E-state index is -0.932. The Kier molecular flexibility index (Phi) is 3.50. The lowest BCUT2D eigenvalue weighted by Crippen LogP contribution is -1.95. The fourth-order valence-electron chi connectivity index (χ4n) is 1.52. The van der Waals surface area contributed by atoms with Gasteiger partial charge in [0, 0.05) is 15.1 Å². The number of benzene rings is 2. The molecule has 0 aliphatic rings. The third kappa shape index (κ3) is 2.68. The van der Waals surface area contributed by atoms with Gasteiger partial charge in [-0.2, -0.15) is 0 Å². The van der Waals surface area contributed by atoms with Gasteiger partial charge in [0.15, 0.2) is 0 Å². The van der Waals surface area contributed by atoms with Crippen molar-refractivity contribution in [2.24, 2.45) is 0 Å². The molecule has 0 spiro atoms. The topological polar surface area (TPSA) is 37.3 Å². The smallest absolute Gasteiger partial charge is 0.335 e. The zero-order chi connectivity index (χ0) is 12.4. The molecular formula is C13H8BrClO2. The van der Waals surface area contributed by atoms with Crippen molar-refractivity contribution in [2.45, 2.75) is 0 Å². The van der Waals surface area contributed by atoms with Gasteiger partial charge >= 0.3 is 5.97 Å². The predicted octanol–water partition coefficient (Wildman–Crippen LogP) is 4.47. The van der Waals surface area contributed by atoms with E-state index in [9.17, 15) is 4.79 Å². The van der Waals surface area contributed by atoms with Crippen LogP contribution in [0.15, 0.2) is 46.9 Å². The Balaban J connectivity index is 2.43. The molecule has 0 radical (unpaired) electrons. The molecule has 0 amide bonds. The Labute approximate surface area is 112 Å². The van der Waals surface area contributed by atoms with Crippen molar-refractivity contribution in [3.05, 3.63) is 57.5 Å². The lowest BCUT2D eigenvalue weighted by atomic mass is 10.0. The highest BCUT2D eigenvalue weighted by molar-refractivity contribution is 9.10. The molecule has 2 aromatic rings. The fraction of sp³-hybridized carbons (Fsp3) is 0. The zero-order valence-corrected chi connectivity index (χ0v) is 11.0. The highest BCUT2D eigenvalue weighted by Gasteiger charge is 2.06. The summed E-state index contributed by atoms with van der Waals surface area (Å²) in [6, 6.07) is 12.2. The molecule has 2 rings (SSSR count). The van der Waals surface area contributed by atoms with Gasteiger partial charge in [-0.15, -0.1) is 0 Å². The second kappa shape index (κ2) is 4.90. The monoisotopic (exact) mass is 310 g/mol. The summed E-state index contributed by atoms with van der Waals surface area (Å²) in [5, 5.41) is 9.43. The third-order valence-corrected chi connectivity index (χ3v) is 3.18. The number of carbonyl (C=O) groups is 1. The van der Waals surface area contributed by atoms with Crippen LogP contribution >= 0.6 is 27.5 Å². The Morgan fingerprint density at radius 3 is 2.29 bits per heavy atom. The number of carboxylic acid groups (broad SMARTS) is 1. The maximum Gasteiger partial charge on any atom is 0.335 e. The number of carboxylic acids is 1. The van der Waals surface area contributed by atoms with Crippen molar-refractivity contribution in [3.63, 3.8) is 0 Å². The fourth-order valence-corrected chi connectivity index (χ4v) is 2.30. The van der Waals surface area contributed by atoms with Crippen molar-refractivity contribution in [1.29, 1.82) is 0 Å². The molecule has 86 valence electrons. The Morgan fingerprint density at radius 1 is 1.12 bits per heavy atom. The van der Waals surface area contributed by atoms with E-state index < -0.39 is 5.97 Å². The van der Waals surface area contributed by atoms with Crippen LogP contribution in [0.3, 0.4) is 0 Å². The first-order valence-corrected chi connectivity index (χ1v) is 6.04. The van der Waals surface area contributed by atoms with Gasteiger partial charge in [0.05, 0.1) is 5.56 Å². The van der Waals surface area contributed by atoms with Crippen LogP contribution in [-0.2, 0) is 0 Å². The summed E-state index contributed by atoms with van der Waals surface area (Å²) in [6.07, 6.45) is 0. The molecule has 1 N–H and O–H groups in total. The van der Waals surface area contributed by atoms with Crippen LogP contribution in [0.25, 0.3) is 11.1 Å². The van der Waals surface area contributed by atoms with Gasteiger partial charge in [-0.1, -0.05) is 45.7 Å². The van der Waals surface area contributed by atoms with Gasteiger partial charge in [-0.25, -0.2) is 4.79 Å². The molecule has 0 aliphatic heterocycles. The largest absolute Gasteiger partial charge is 0.478 e. The van der Waals surface area contributed by atoms with Gasteiger partial charge in [-0.3, -0.25) is 0 Å². The van der Waals surface area contributed by atoms with Crippen molar-refractivity contribution in [2.75, 3.05) is 0 Å². The number of rotatable bonds is 2. The van der Waals surface area contributed by atoms with Crippen molar-refractivity contribution < 1.29 is 9.90 Å². The van der Waals surface area contributed by atoms with E-state index in [1.165, 1.54) is 0 Å². The van der Waals surface area contributed by atoms with Crippen LogP contribution in [0.2, 0.25) is 5.02 Å². The summed E-state index contributed by atoms with van der Waals surface area (Å²) in [7, 11) is 0. The maximum absolute atomic E-state index is 10.7. The Morgan fingerprint density at radius 2 is 1.76 bits per heavy atom. The van der Waals surface area contributed by atoms with Gasteiger partial charge < -0.3 is 5.11 Å². The number of aromatic carboxylic acids is 1. The van der Waals surface area contributed by atoms with Gasteiger partial charge in [-0.05, 0) is 29.8 Å². The molecule has 0 atom stereocenters. The summed E-state index contributed by atoms with van der Waals surface area (Å²) in [4.78, 5) is 10.7. The van der Waals surface area contributed by atoms with Crippen LogP contribution in [0, 0.1) is 0 Å². The first kappa shape index (κ1) is 12.1.